The molecule has 1 N–H and O–H groups in total. The van der Waals surface area contributed by atoms with E-state index in [4.69, 9.17) is 14.8 Å². The van der Waals surface area contributed by atoms with Crippen molar-refractivity contribution < 1.29 is 4.74 Å². The van der Waals surface area contributed by atoms with E-state index in [2.05, 4.69) is 37.1 Å². The molecule has 6 heteroatoms. The zero-order valence-corrected chi connectivity index (χ0v) is 17.7. The lowest BCUT2D eigenvalue weighted by Crippen LogP contribution is -2.36. The summed E-state index contributed by atoms with van der Waals surface area (Å²) < 4.78 is 7.56. The van der Waals surface area contributed by atoms with Gasteiger partial charge in [-0.2, -0.15) is 9.61 Å². The molecule has 2 aromatic heterocycles. The summed E-state index contributed by atoms with van der Waals surface area (Å²) in [4.78, 5) is 7.40. The highest BCUT2D eigenvalue weighted by Crippen LogP contribution is 2.29. The largest absolute Gasteiger partial charge is 0.381 e. The maximum absolute atomic E-state index is 5.52. The molecule has 0 unspecified atom stereocenters. The number of ether oxygens (including phenoxy) is 1. The predicted molar refractivity (Wildman–Crippen MR) is 113 cm³/mol. The van der Waals surface area contributed by atoms with Gasteiger partial charge >= 0.3 is 0 Å². The van der Waals surface area contributed by atoms with Crippen LogP contribution in [0.2, 0.25) is 0 Å². The molecule has 0 atom stereocenters. The van der Waals surface area contributed by atoms with Gasteiger partial charge in [-0.3, -0.25) is 0 Å². The van der Waals surface area contributed by atoms with Gasteiger partial charge in [0, 0.05) is 43.0 Å². The van der Waals surface area contributed by atoms with Crippen LogP contribution in [0.5, 0.6) is 0 Å². The van der Waals surface area contributed by atoms with E-state index in [9.17, 15) is 0 Å². The standard InChI is InChI=1S/C22H35N5O/c1-4-9-26-10-5-18(6-11-26)15-23-22-16(2)17(3)24-21-14-20(25-27(21)22)19-7-12-28-13-8-19/h14,18-19,23H,4-13,15H2,1-3H3. The Morgan fingerprint density at radius 1 is 1.14 bits per heavy atom. The Bertz CT molecular complexity index is 788. The molecule has 4 rings (SSSR count). The first-order valence-corrected chi connectivity index (χ1v) is 11.1. The van der Waals surface area contributed by atoms with Crippen LogP contribution >= 0.6 is 0 Å². The van der Waals surface area contributed by atoms with Gasteiger partial charge in [0.25, 0.3) is 0 Å². The van der Waals surface area contributed by atoms with E-state index < -0.39 is 0 Å². The second kappa shape index (κ2) is 8.78. The van der Waals surface area contributed by atoms with Crippen LogP contribution in [0.25, 0.3) is 5.65 Å². The number of piperidine rings is 1. The molecule has 0 aliphatic carbocycles. The quantitative estimate of drug-likeness (QED) is 0.820. The monoisotopic (exact) mass is 385 g/mol. The molecule has 2 aromatic rings. The fraction of sp³-hybridized carbons (Fsp3) is 0.727. The van der Waals surface area contributed by atoms with Crippen LogP contribution in [-0.4, -0.2) is 58.9 Å². The molecule has 0 bridgehead atoms. The number of aromatic nitrogens is 3. The Morgan fingerprint density at radius 3 is 2.61 bits per heavy atom. The summed E-state index contributed by atoms with van der Waals surface area (Å²) in [6.45, 7) is 12.9. The van der Waals surface area contributed by atoms with Gasteiger partial charge in [-0.1, -0.05) is 6.92 Å². The van der Waals surface area contributed by atoms with E-state index >= 15 is 0 Å². The van der Waals surface area contributed by atoms with Crippen molar-refractivity contribution in [1.29, 1.82) is 0 Å². The molecule has 2 fully saturated rings. The lowest BCUT2D eigenvalue weighted by Gasteiger charge is -2.32. The number of aryl methyl sites for hydroxylation is 1. The van der Waals surface area contributed by atoms with Gasteiger partial charge in [0.15, 0.2) is 5.65 Å². The number of fused-ring (bicyclic) bond motifs is 1. The molecule has 0 amide bonds. The van der Waals surface area contributed by atoms with Gasteiger partial charge in [-0.15, -0.1) is 0 Å². The summed E-state index contributed by atoms with van der Waals surface area (Å²) >= 11 is 0. The van der Waals surface area contributed by atoms with E-state index in [-0.39, 0.29) is 0 Å². The van der Waals surface area contributed by atoms with E-state index in [0.29, 0.717) is 5.92 Å². The molecule has 28 heavy (non-hydrogen) atoms. The van der Waals surface area contributed by atoms with Crippen LogP contribution in [0.4, 0.5) is 5.82 Å². The maximum atomic E-state index is 5.52. The first kappa shape index (κ1) is 19.6. The Morgan fingerprint density at radius 2 is 1.89 bits per heavy atom. The lowest BCUT2D eigenvalue weighted by atomic mass is 9.96. The predicted octanol–water partition coefficient (Wildman–Crippen LogP) is 3.77. The van der Waals surface area contributed by atoms with Crippen molar-refractivity contribution in [2.24, 2.45) is 5.92 Å². The minimum Gasteiger partial charge on any atom is -0.381 e. The molecule has 2 aliphatic heterocycles. The molecule has 2 saturated heterocycles. The smallest absolute Gasteiger partial charge is 0.157 e. The highest BCUT2D eigenvalue weighted by atomic mass is 16.5. The Labute approximate surface area is 168 Å². The summed E-state index contributed by atoms with van der Waals surface area (Å²) in [6, 6.07) is 2.18. The summed E-state index contributed by atoms with van der Waals surface area (Å²) in [5.74, 6) is 2.35. The molecule has 154 valence electrons. The molecule has 4 heterocycles. The van der Waals surface area contributed by atoms with E-state index in [1.165, 1.54) is 44.5 Å². The third-order valence-electron chi connectivity index (χ3n) is 6.55. The van der Waals surface area contributed by atoms with Crippen LogP contribution in [0.3, 0.4) is 0 Å². The highest BCUT2D eigenvalue weighted by Gasteiger charge is 2.22. The van der Waals surface area contributed by atoms with Crippen molar-refractivity contribution in [3.8, 4) is 0 Å². The molecule has 0 aromatic carbocycles. The molecule has 2 aliphatic rings. The van der Waals surface area contributed by atoms with E-state index in [1.807, 2.05) is 4.52 Å². The fourth-order valence-corrected chi connectivity index (χ4v) is 4.59. The number of hydrogen-bond acceptors (Lipinski definition) is 5. The first-order chi connectivity index (χ1) is 13.7. The van der Waals surface area contributed by atoms with Gasteiger partial charge in [0.1, 0.15) is 5.82 Å². The van der Waals surface area contributed by atoms with Crippen molar-refractivity contribution in [3.05, 3.63) is 23.0 Å². The van der Waals surface area contributed by atoms with Crippen molar-refractivity contribution in [2.75, 3.05) is 44.7 Å². The SMILES string of the molecule is CCCN1CCC(CNc2c(C)c(C)nc3cc(C4CCOCC4)nn23)CC1. The van der Waals surface area contributed by atoms with Gasteiger partial charge in [-0.05, 0) is 71.5 Å². The first-order valence-electron chi connectivity index (χ1n) is 11.1. The van der Waals surface area contributed by atoms with Gasteiger partial charge in [-0.25, -0.2) is 4.98 Å². The summed E-state index contributed by atoms with van der Waals surface area (Å²) in [6.07, 6.45) is 5.93. The van der Waals surface area contributed by atoms with Crippen molar-refractivity contribution in [1.82, 2.24) is 19.5 Å². The Hall–Kier alpha value is -1.66. The average molecular weight is 386 g/mol. The second-order valence-corrected chi connectivity index (χ2v) is 8.56. The minimum absolute atomic E-state index is 0.492. The van der Waals surface area contributed by atoms with Crippen LogP contribution in [0.15, 0.2) is 6.07 Å². The van der Waals surface area contributed by atoms with Crippen molar-refractivity contribution >= 4 is 11.5 Å². The number of nitrogens with one attached hydrogen (secondary N) is 1. The van der Waals surface area contributed by atoms with Gasteiger partial charge in [0.2, 0.25) is 0 Å². The van der Waals surface area contributed by atoms with Crippen molar-refractivity contribution in [2.45, 2.75) is 58.8 Å². The zero-order valence-electron chi connectivity index (χ0n) is 17.7. The average Bonchev–Trinajstić information content (AvgIpc) is 3.14. The Balaban J connectivity index is 1.49. The Kier molecular flexibility index (Phi) is 6.16. The van der Waals surface area contributed by atoms with Crippen molar-refractivity contribution in [3.63, 3.8) is 0 Å². The summed E-state index contributed by atoms with van der Waals surface area (Å²) in [5.41, 5.74) is 4.42. The van der Waals surface area contributed by atoms with Gasteiger partial charge in [0.05, 0.1) is 5.69 Å². The number of hydrogen-bond donors (Lipinski definition) is 1. The number of anilines is 1. The maximum Gasteiger partial charge on any atom is 0.157 e. The van der Waals surface area contributed by atoms with E-state index in [1.54, 1.807) is 0 Å². The van der Waals surface area contributed by atoms with Crippen LogP contribution < -0.4 is 5.32 Å². The number of rotatable bonds is 6. The second-order valence-electron chi connectivity index (χ2n) is 8.56. The number of nitrogens with zero attached hydrogens (tertiary/aromatic N) is 4. The zero-order chi connectivity index (χ0) is 19.5. The van der Waals surface area contributed by atoms with Crippen LogP contribution in [-0.2, 0) is 4.74 Å². The van der Waals surface area contributed by atoms with Crippen LogP contribution in [0, 0.1) is 19.8 Å². The topological polar surface area (TPSA) is 54.7 Å². The minimum atomic E-state index is 0.492. The lowest BCUT2D eigenvalue weighted by molar-refractivity contribution is 0.0844. The summed E-state index contributed by atoms with van der Waals surface area (Å²) in [5, 5.41) is 8.71. The highest BCUT2D eigenvalue weighted by molar-refractivity contribution is 5.55. The van der Waals surface area contributed by atoms with E-state index in [0.717, 1.165) is 61.4 Å². The molecule has 0 spiro atoms. The molecule has 0 saturated carbocycles. The number of likely N-dealkylation sites (tertiary alicyclic amines) is 1. The van der Waals surface area contributed by atoms with Crippen LogP contribution in [0.1, 0.15) is 61.9 Å². The molecule has 6 nitrogen and oxygen atoms in total. The third kappa shape index (κ3) is 4.18. The molecule has 0 radical (unpaired) electrons. The summed E-state index contributed by atoms with van der Waals surface area (Å²) in [7, 11) is 0. The molecular weight excluding hydrogens is 350 g/mol. The fourth-order valence-electron chi connectivity index (χ4n) is 4.59. The normalized spacial score (nSPS) is 20.1. The third-order valence-corrected chi connectivity index (χ3v) is 6.55. The van der Waals surface area contributed by atoms with Gasteiger partial charge < -0.3 is 15.0 Å². The molecular formula is C22H35N5O.